The highest BCUT2D eigenvalue weighted by atomic mass is 32.7. The first kappa shape index (κ1) is 17.5. The van der Waals surface area contributed by atoms with Crippen LogP contribution in [0.4, 0.5) is 0 Å². The largest absolute Gasteiger partial charge is 0.318 e. The van der Waals surface area contributed by atoms with Crippen LogP contribution in [0.5, 0.6) is 0 Å². The van der Waals surface area contributed by atoms with Crippen LogP contribution >= 0.6 is 18.0 Å². The molecular weight excluding hydrogens is 253 g/mol. The van der Waals surface area contributed by atoms with E-state index >= 15 is 0 Å². The van der Waals surface area contributed by atoms with Gasteiger partial charge in [0.05, 0.1) is 6.10 Å². The van der Waals surface area contributed by atoms with E-state index in [4.69, 9.17) is 4.52 Å². The average Bonchev–Trinajstić information content (AvgIpc) is 2.34. The summed E-state index contributed by atoms with van der Waals surface area (Å²) < 4.78 is 18.1. The van der Waals surface area contributed by atoms with Crippen molar-refractivity contribution in [3.63, 3.8) is 0 Å². The molecule has 5 heteroatoms. The van der Waals surface area contributed by atoms with Crippen molar-refractivity contribution < 1.29 is 9.09 Å². The molecule has 0 N–H and O–H groups in total. The van der Waals surface area contributed by atoms with Crippen LogP contribution in [0, 0.1) is 0 Å². The fraction of sp³-hybridized carbons (Fsp3) is 1.00. The Morgan fingerprint density at radius 1 is 1.24 bits per heavy atom. The number of hydrogen-bond donors (Lipinski definition) is 0. The first-order valence-electron chi connectivity index (χ1n) is 6.65. The van der Waals surface area contributed by atoms with Gasteiger partial charge in [-0.15, -0.1) is 0 Å². The van der Waals surface area contributed by atoms with Gasteiger partial charge < -0.3 is 9.42 Å². The summed E-state index contributed by atoms with van der Waals surface area (Å²) in [4.78, 5) is 2.34. The molecule has 0 bridgehead atoms. The van der Waals surface area contributed by atoms with Gasteiger partial charge in [0.15, 0.2) is 0 Å². The molecule has 0 aromatic heterocycles. The molecule has 0 radical (unpaired) electrons. The molecule has 104 valence electrons. The molecule has 2 unspecified atom stereocenters. The highest BCUT2D eigenvalue weighted by molar-refractivity contribution is 8.56. The number of rotatable bonds is 10. The summed E-state index contributed by atoms with van der Waals surface area (Å²) in [6.07, 6.45) is 1.64. The Labute approximate surface area is 111 Å². The summed E-state index contributed by atoms with van der Waals surface area (Å²) in [7, 11) is 0. The highest BCUT2D eigenvalue weighted by Crippen LogP contribution is 2.60. The van der Waals surface area contributed by atoms with Gasteiger partial charge in [0.1, 0.15) is 0 Å². The van der Waals surface area contributed by atoms with Gasteiger partial charge in [-0.25, -0.2) is 0 Å². The molecule has 0 aliphatic rings. The molecular formula is C12H28NO2PS. The molecule has 0 aliphatic carbocycles. The molecule has 0 aromatic rings. The molecule has 0 rings (SSSR count). The Morgan fingerprint density at radius 3 is 2.24 bits per heavy atom. The summed E-state index contributed by atoms with van der Waals surface area (Å²) in [6, 6.07) is 0. The summed E-state index contributed by atoms with van der Waals surface area (Å²) in [5.41, 5.74) is 0. The first-order chi connectivity index (χ1) is 8.01. The van der Waals surface area contributed by atoms with Crippen LogP contribution in [0.1, 0.15) is 41.0 Å². The zero-order valence-corrected chi connectivity index (χ0v) is 13.7. The maximum atomic E-state index is 12.4. The number of hydrogen-bond acceptors (Lipinski definition) is 4. The van der Waals surface area contributed by atoms with Crippen LogP contribution in [-0.4, -0.2) is 42.6 Å². The lowest BCUT2D eigenvalue weighted by molar-refractivity contribution is 0.228. The zero-order valence-electron chi connectivity index (χ0n) is 11.9. The van der Waals surface area contributed by atoms with E-state index in [1.54, 1.807) is 0 Å². The van der Waals surface area contributed by atoms with Gasteiger partial charge in [-0.1, -0.05) is 39.1 Å². The van der Waals surface area contributed by atoms with Gasteiger partial charge >= 0.3 is 0 Å². The third kappa shape index (κ3) is 7.50. The minimum absolute atomic E-state index is 0.0988. The molecule has 0 saturated heterocycles. The van der Waals surface area contributed by atoms with Gasteiger partial charge in [0, 0.05) is 18.5 Å². The van der Waals surface area contributed by atoms with Gasteiger partial charge in [-0.2, -0.15) is 0 Å². The van der Waals surface area contributed by atoms with Gasteiger partial charge in [-0.05, 0) is 26.4 Å². The fourth-order valence-electron chi connectivity index (χ4n) is 1.39. The van der Waals surface area contributed by atoms with Crippen molar-refractivity contribution in [2.45, 2.75) is 47.1 Å². The Bertz CT molecular complexity index is 235. The quantitative estimate of drug-likeness (QED) is 0.564. The summed E-state index contributed by atoms with van der Waals surface area (Å²) in [6.45, 7) is 11.0. The third-order valence-corrected chi connectivity index (χ3v) is 7.87. The summed E-state index contributed by atoms with van der Waals surface area (Å²) in [5, 5.41) is 0. The molecule has 0 amide bonds. The van der Waals surface area contributed by atoms with E-state index in [9.17, 15) is 4.57 Å². The maximum absolute atomic E-state index is 12.4. The minimum atomic E-state index is -2.46. The second-order valence-corrected chi connectivity index (χ2v) is 9.29. The predicted molar refractivity (Wildman–Crippen MR) is 79.2 cm³/mol. The van der Waals surface area contributed by atoms with Crippen molar-refractivity contribution in [3.8, 4) is 0 Å². The summed E-state index contributed by atoms with van der Waals surface area (Å²) >= 11 is 1.52. The van der Waals surface area contributed by atoms with Crippen LogP contribution in [0.2, 0.25) is 0 Å². The molecule has 0 aliphatic heterocycles. The van der Waals surface area contributed by atoms with E-state index in [0.29, 0.717) is 6.16 Å². The lowest BCUT2D eigenvalue weighted by atomic mass is 10.3. The zero-order chi connectivity index (χ0) is 13.3. The van der Waals surface area contributed by atoms with E-state index in [2.05, 4.69) is 25.7 Å². The molecule has 17 heavy (non-hydrogen) atoms. The van der Waals surface area contributed by atoms with E-state index in [1.807, 2.05) is 13.8 Å². The van der Waals surface area contributed by atoms with E-state index in [1.165, 1.54) is 11.4 Å². The van der Waals surface area contributed by atoms with E-state index in [-0.39, 0.29) is 6.10 Å². The lowest BCUT2D eigenvalue weighted by Gasteiger charge is -2.22. The van der Waals surface area contributed by atoms with E-state index < -0.39 is 6.57 Å². The predicted octanol–water partition coefficient (Wildman–Crippen LogP) is 4.09. The smallest absolute Gasteiger partial charge is 0.257 e. The van der Waals surface area contributed by atoms with Gasteiger partial charge in [0.25, 0.3) is 6.57 Å². The molecule has 2 atom stereocenters. The SMILES string of the molecule is CCC(C)OP(=O)(CC)SCCN(CC)CC. The average molecular weight is 281 g/mol. The maximum Gasteiger partial charge on any atom is 0.257 e. The molecule has 3 nitrogen and oxygen atoms in total. The fourth-order valence-corrected chi connectivity index (χ4v) is 5.35. The molecule has 0 fully saturated rings. The Hall–Kier alpha value is 0.500. The third-order valence-electron chi connectivity index (χ3n) is 2.89. The van der Waals surface area contributed by atoms with Crippen molar-refractivity contribution in [2.24, 2.45) is 0 Å². The van der Waals surface area contributed by atoms with Crippen LogP contribution in [0.25, 0.3) is 0 Å². The molecule has 0 aromatic carbocycles. The molecule has 0 spiro atoms. The second-order valence-electron chi connectivity index (χ2n) is 4.11. The van der Waals surface area contributed by atoms with Crippen LogP contribution in [-0.2, 0) is 9.09 Å². The standard InChI is InChI=1S/C12H28NO2PS/c1-6-12(5)15-16(14,9-4)17-11-10-13(7-2)8-3/h12H,6-11H2,1-5H3. The van der Waals surface area contributed by atoms with Crippen molar-refractivity contribution in [2.75, 3.05) is 31.5 Å². The number of nitrogens with zero attached hydrogens (tertiary/aromatic N) is 1. The van der Waals surface area contributed by atoms with Crippen LogP contribution < -0.4 is 0 Å². The summed E-state index contributed by atoms with van der Waals surface area (Å²) in [5.74, 6) is 0.892. The normalized spacial score (nSPS) is 17.1. The monoisotopic (exact) mass is 281 g/mol. The van der Waals surface area contributed by atoms with Crippen molar-refractivity contribution in [3.05, 3.63) is 0 Å². The van der Waals surface area contributed by atoms with Crippen molar-refractivity contribution >= 4 is 18.0 Å². The first-order valence-corrected chi connectivity index (χ1v) is 10.1. The van der Waals surface area contributed by atoms with E-state index in [0.717, 1.165) is 31.8 Å². The Kier molecular flexibility index (Phi) is 9.71. The van der Waals surface area contributed by atoms with Crippen molar-refractivity contribution in [1.29, 1.82) is 0 Å². The molecule has 0 heterocycles. The molecule has 0 saturated carbocycles. The topological polar surface area (TPSA) is 29.5 Å². The van der Waals surface area contributed by atoms with Crippen molar-refractivity contribution in [1.82, 2.24) is 4.90 Å². The highest BCUT2D eigenvalue weighted by Gasteiger charge is 2.23. The van der Waals surface area contributed by atoms with Gasteiger partial charge in [-0.3, -0.25) is 4.57 Å². The Morgan fingerprint density at radius 2 is 1.82 bits per heavy atom. The van der Waals surface area contributed by atoms with Crippen LogP contribution in [0.15, 0.2) is 0 Å². The second kappa shape index (κ2) is 9.43. The Balaban J connectivity index is 4.07. The lowest BCUT2D eigenvalue weighted by Crippen LogP contribution is -2.25. The van der Waals surface area contributed by atoms with Crippen LogP contribution in [0.3, 0.4) is 0 Å². The van der Waals surface area contributed by atoms with Gasteiger partial charge in [0.2, 0.25) is 0 Å². The minimum Gasteiger partial charge on any atom is -0.318 e.